The molecule has 1 rings (SSSR count). The predicted octanol–water partition coefficient (Wildman–Crippen LogP) is 2.52. The molecule has 0 bridgehead atoms. The summed E-state index contributed by atoms with van der Waals surface area (Å²) >= 11 is 0. The van der Waals surface area contributed by atoms with Gasteiger partial charge in [0.25, 0.3) is 0 Å². The van der Waals surface area contributed by atoms with Crippen LogP contribution in [0.15, 0.2) is 24.3 Å². The Labute approximate surface area is 122 Å². The summed E-state index contributed by atoms with van der Waals surface area (Å²) in [5.41, 5.74) is 1.09. The standard InChI is InChI=1S/C16H27NO3/c1-4-5-10-20-12-14(18)11-17-13(2)15-8-6-7-9-16(15)19-3/h6-9,13-14,17-18H,4-5,10-12H2,1-3H3/t13-,14?/m0/s1. The Morgan fingerprint density at radius 1 is 1.30 bits per heavy atom. The molecule has 2 atom stereocenters. The number of hydrogen-bond donors (Lipinski definition) is 2. The number of benzene rings is 1. The lowest BCUT2D eigenvalue weighted by Gasteiger charge is -2.19. The van der Waals surface area contributed by atoms with Crippen molar-refractivity contribution in [1.29, 1.82) is 0 Å². The number of aliphatic hydroxyl groups is 1. The molecular formula is C16H27NO3. The minimum absolute atomic E-state index is 0.122. The fraction of sp³-hybridized carbons (Fsp3) is 0.625. The molecular weight excluding hydrogens is 254 g/mol. The zero-order chi connectivity index (χ0) is 14.8. The average Bonchev–Trinajstić information content (AvgIpc) is 2.49. The summed E-state index contributed by atoms with van der Waals surface area (Å²) in [4.78, 5) is 0. The molecule has 0 aliphatic rings. The van der Waals surface area contributed by atoms with Crippen LogP contribution in [0.3, 0.4) is 0 Å². The molecule has 0 amide bonds. The molecule has 1 aromatic rings. The molecule has 1 unspecified atom stereocenters. The Morgan fingerprint density at radius 3 is 2.75 bits per heavy atom. The van der Waals surface area contributed by atoms with E-state index in [-0.39, 0.29) is 6.04 Å². The van der Waals surface area contributed by atoms with E-state index in [0.29, 0.717) is 13.2 Å². The van der Waals surface area contributed by atoms with Crippen LogP contribution in [0, 0.1) is 0 Å². The van der Waals surface area contributed by atoms with E-state index in [0.717, 1.165) is 30.8 Å². The van der Waals surface area contributed by atoms with Crippen molar-refractivity contribution in [3.63, 3.8) is 0 Å². The number of aliphatic hydroxyl groups excluding tert-OH is 1. The van der Waals surface area contributed by atoms with E-state index in [1.807, 2.05) is 24.3 Å². The molecule has 0 fully saturated rings. The Kier molecular flexibility index (Phi) is 8.26. The third kappa shape index (κ3) is 5.90. The minimum Gasteiger partial charge on any atom is -0.496 e. The van der Waals surface area contributed by atoms with Gasteiger partial charge in [-0.2, -0.15) is 0 Å². The van der Waals surface area contributed by atoms with Crippen molar-refractivity contribution >= 4 is 0 Å². The van der Waals surface area contributed by atoms with E-state index >= 15 is 0 Å². The van der Waals surface area contributed by atoms with Gasteiger partial charge in [-0.15, -0.1) is 0 Å². The fourth-order valence-corrected chi connectivity index (χ4v) is 1.97. The molecule has 1 aromatic carbocycles. The van der Waals surface area contributed by atoms with E-state index in [2.05, 4.69) is 19.2 Å². The third-order valence-corrected chi connectivity index (χ3v) is 3.22. The average molecular weight is 281 g/mol. The lowest BCUT2D eigenvalue weighted by Crippen LogP contribution is -2.32. The van der Waals surface area contributed by atoms with E-state index in [1.165, 1.54) is 0 Å². The summed E-state index contributed by atoms with van der Waals surface area (Å²) in [6.45, 7) is 5.78. The van der Waals surface area contributed by atoms with Gasteiger partial charge in [0.2, 0.25) is 0 Å². The molecule has 2 N–H and O–H groups in total. The molecule has 0 heterocycles. The molecule has 114 valence electrons. The zero-order valence-corrected chi connectivity index (χ0v) is 12.8. The van der Waals surface area contributed by atoms with Crippen LogP contribution < -0.4 is 10.1 Å². The number of rotatable bonds is 10. The molecule has 0 saturated carbocycles. The monoisotopic (exact) mass is 281 g/mol. The molecule has 4 heteroatoms. The quantitative estimate of drug-likeness (QED) is 0.647. The molecule has 0 radical (unpaired) electrons. The maximum absolute atomic E-state index is 9.85. The summed E-state index contributed by atoms with van der Waals surface area (Å²) in [6, 6.07) is 8.03. The number of methoxy groups -OCH3 is 1. The molecule has 20 heavy (non-hydrogen) atoms. The smallest absolute Gasteiger partial charge is 0.123 e. The highest BCUT2D eigenvalue weighted by Gasteiger charge is 2.12. The lowest BCUT2D eigenvalue weighted by atomic mass is 10.1. The van der Waals surface area contributed by atoms with Crippen LogP contribution in [-0.2, 0) is 4.74 Å². The number of ether oxygens (including phenoxy) is 2. The first-order valence-electron chi connectivity index (χ1n) is 7.31. The highest BCUT2D eigenvalue weighted by atomic mass is 16.5. The molecule has 0 spiro atoms. The van der Waals surface area contributed by atoms with Crippen LogP contribution in [0.5, 0.6) is 5.75 Å². The summed E-state index contributed by atoms with van der Waals surface area (Å²) in [7, 11) is 1.67. The first-order chi connectivity index (χ1) is 9.69. The van der Waals surface area contributed by atoms with Crippen LogP contribution in [0.1, 0.15) is 38.3 Å². The van der Waals surface area contributed by atoms with Crippen molar-refractivity contribution in [1.82, 2.24) is 5.32 Å². The van der Waals surface area contributed by atoms with E-state index in [4.69, 9.17) is 9.47 Å². The van der Waals surface area contributed by atoms with E-state index in [9.17, 15) is 5.11 Å². The van der Waals surface area contributed by atoms with Crippen molar-refractivity contribution in [2.45, 2.75) is 38.8 Å². The van der Waals surface area contributed by atoms with Gasteiger partial charge in [0, 0.05) is 24.8 Å². The Morgan fingerprint density at radius 2 is 2.05 bits per heavy atom. The van der Waals surface area contributed by atoms with Gasteiger partial charge in [-0.25, -0.2) is 0 Å². The van der Waals surface area contributed by atoms with Crippen molar-refractivity contribution < 1.29 is 14.6 Å². The Bertz CT molecular complexity index is 370. The fourth-order valence-electron chi connectivity index (χ4n) is 1.97. The predicted molar refractivity (Wildman–Crippen MR) is 81.1 cm³/mol. The second kappa shape index (κ2) is 9.75. The van der Waals surface area contributed by atoms with Gasteiger partial charge in [0.05, 0.1) is 19.8 Å². The number of para-hydroxylation sites is 1. The van der Waals surface area contributed by atoms with Gasteiger partial charge in [-0.1, -0.05) is 31.5 Å². The summed E-state index contributed by atoms with van der Waals surface area (Å²) in [5.74, 6) is 0.862. The summed E-state index contributed by atoms with van der Waals surface area (Å²) < 4.78 is 10.7. The Balaban J connectivity index is 2.33. The lowest BCUT2D eigenvalue weighted by molar-refractivity contribution is 0.0348. The first-order valence-corrected chi connectivity index (χ1v) is 7.31. The van der Waals surface area contributed by atoms with Crippen LogP contribution in [0.4, 0.5) is 0 Å². The van der Waals surface area contributed by atoms with Crippen molar-refractivity contribution in [2.24, 2.45) is 0 Å². The third-order valence-electron chi connectivity index (χ3n) is 3.22. The maximum Gasteiger partial charge on any atom is 0.123 e. The van der Waals surface area contributed by atoms with Gasteiger partial charge in [0.15, 0.2) is 0 Å². The molecule has 0 aliphatic heterocycles. The van der Waals surface area contributed by atoms with Gasteiger partial charge in [-0.05, 0) is 19.4 Å². The summed E-state index contributed by atoms with van der Waals surface area (Å²) in [6.07, 6.45) is 1.67. The number of unbranched alkanes of at least 4 members (excludes halogenated alkanes) is 1. The first kappa shape index (κ1) is 17.0. The SMILES string of the molecule is CCCCOCC(O)CN[C@@H](C)c1ccccc1OC. The highest BCUT2D eigenvalue weighted by molar-refractivity contribution is 5.35. The van der Waals surface area contributed by atoms with Gasteiger partial charge in [-0.3, -0.25) is 0 Å². The van der Waals surface area contributed by atoms with Crippen LogP contribution in [-0.4, -0.2) is 38.1 Å². The topological polar surface area (TPSA) is 50.7 Å². The molecule has 0 aromatic heterocycles. The van der Waals surface area contributed by atoms with Gasteiger partial charge < -0.3 is 19.9 Å². The minimum atomic E-state index is -0.482. The van der Waals surface area contributed by atoms with Crippen molar-refractivity contribution in [2.75, 3.05) is 26.9 Å². The second-order valence-corrected chi connectivity index (χ2v) is 4.95. The highest BCUT2D eigenvalue weighted by Crippen LogP contribution is 2.24. The maximum atomic E-state index is 9.85. The number of hydrogen-bond acceptors (Lipinski definition) is 4. The summed E-state index contributed by atoms with van der Waals surface area (Å²) in [5, 5.41) is 13.2. The van der Waals surface area contributed by atoms with E-state index < -0.39 is 6.10 Å². The second-order valence-electron chi connectivity index (χ2n) is 4.95. The van der Waals surface area contributed by atoms with Crippen LogP contribution in [0.2, 0.25) is 0 Å². The number of nitrogens with one attached hydrogen (secondary N) is 1. The van der Waals surface area contributed by atoms with Gasteiger partial charge >= 0.3 is 0 Å². The molecule has 0 aliphatic carbocycles. The molecule has 0 saturated heterocycles. The van der Waals surface area contributed by atoms with Crippen molar-refractivity contribution in [3.8, 4) is 5.75 Å². The van der Waals surface area contributed by atoms with E-state index in [1.54, 1.807) is 7.11 Å². The normalized spacial score (nSPS) is 14.0. The largest absolute Gasteiger partial charge is 0.496 e. The Hall–Kier alpha value is -1.10. The van der Waals surface area contributed by atoms with Crippen molar-refractivity contribution in [3.05, 3.63) is 29.8 Å². The zero-order valence-electron chi connectivity index (χ0n) is 12.8. The molecule has 4 nitrogen and oxygen atoms in total. The van der Waals surface area contributed by atoms with Crippen LogP contribution in [0.25, 0.3) is 0 Å². The van der Waals surface area contributed by atoms with Gasteiger partial charge in [0.1, 0.15) is 5.75 Å². The van der Waals surface area contributed by atoms with Crippen LogP contribution >= 0.6 is 0 Å².